The molecule has 0 fully saturated rings. The van der Waals surface area contributed by atoms with E-state index in [1.165, 1.54) is 51.4 Å². The van der Waals surface area contributed by atoms with Crippen molar-refractivity contribution in [2.45, 2.75) is 64.3 Å². The van der Waals surface area contributed by atoms with Crippen LogP contribution in [0.25, 0.3) is 0 Å². The molecule has 0 saturated carbocycles. The number of rotatable bonds is 10. The number of unbranched alkanes of at least 4 members (excludes halogenated alkanes) is 6. The third-order valence-corrected chi connectivity index (χ3v) is 2.85. The van der Waals surface area contributed by atoms with Crippen LogP contribution in [0.1, 0.15) is 58.3 Å². The van der Waals surface area contributed by atoms with Crippen LogP contribution >= 0.6 is 0 Å². The molecular weight excluding hydrogens is 172 g/mol. The van der Waals surface area contributed by atoms with E-state index in [2.05, 4.69) is 12.2 Å². The number of nitrogens with two attached hydrogens (primary N) is 1. The van der Waals surface area contributed by atoms with E-state index in [9.17, 15) is 0 Å². The van der Waals surface area contributed by atoms with E-state index in [1.807, 2.05) is 7.05 Å². The van der Waals surface area contributed by atoms with Gasteiger partial charge in [-0.1, -0.05) is 51.9 Å². The molecule has 0 aliphatic heterocycles. The van der Waals surface area contributed by atoms with E-state index in [0.29, 0.717) is 6.04 Å². The molecule has 0 aromatic carbocycles. The molecule has 1 unspecified atom stereocenters. The monoisotopic (exact) mass is 200 g/mol. The van der Waals surface area contributed by atoms with Crippen molar-refractivity contribution in [2.24, 2.45) is 5.73 Å². The van der Waals surface area contributed by atoms with Gasteiger partial charge < -0.3 is 11.1 Å². The third kappa shape index (κ3) is 8.52. The Morgan fingerprint density at radius 1 is 1.00 bits per heavy atom. The van der Waals surface area contributed by atoms with Gasteiger partial charge >= 0.3 is 0 Å². The van der Waals surface area contributed by atoms with Gasteiger partial charge in [-0.15, -0.1) is 0 Å². The van der Waals surface area contributed by atoms with Gasteiger partial charge in [0, 0.05) is 12.6 Å². The Hall–Kier alpha value is -0.0800. The summed E-state index contributed by atoms with van der Waals surface area (Å²) in [5.74, 6) is 0. The van der Waals surface area contributed by atoms with Crippen molar-refractivity contribution in [1.29, 1.82) is 0 Å². The first-order chi connectivity index (χ1) is 6.85. The van der Waals surface area contributed by atoms with Crippen molar-refractivity contribution >= 4 is 0 Å². The highest BCUT2D eigenvalue weighted by Crippen LogP contribution is 2.09. The SMILES string of the molecule is CCCCCCCCCC(CN)NC. The fourth-order valence-corrected chi connectivity index (χ4v) is 1.73. The Morgan fingerprint density at radius 3 is 2.07 bits per heavy atom. The molecule has 2 heteroatoms. The number of likely N-dealkylation sites (N-methyl/N-ethyl adjacent to an activating group) is 1. The molecule has 0 aromatic heterocycles. The molecule has 86 valence electrons. The van der Waals surface area contributed by atoms with Gasteiger partial charge in [0.1, 0.15) is 0 Å². The van der Waals surface area contributed by atoms with Crippen LogP contribution in [-0.4, -0.2) is 19.6 Å². The predicted molar refractivity (Wildman–Crippen MR) is 64.5 cm³/mol. The molecule has 0 saturated heterocycles. The van der Waals surface area contributed by atoms with Crippen LogP contribution in [0.2, 0.25) is 0 Å². The minimum absolute atomic E-state index is 0.533. The highest BCUT2D eigenvalue weighted by atomic mass is 14.9. The van der Waals surface area contributed by atoms with Crippen LogP contribution in [0.3, 0.4) is 0 Å². The minimum Gasteiger partial charge on any atom is -0.329 e. The van der Waals surface area contributed by atoms with Crippen LogP contribution in [0.5, 0.6) is 0 Å². The molecular formula is C12H28N2. The molecule has 0 spiro atoms. The summed E-state index contributed by atoms with van der Waals surface area (Å²) in [6.07, 6.45) is 10.9. The average Bonchev–Trinajstić information content (AvgIpc) is 2.22. The quantitative estimate of drug-likeness (QED) is 0.532. The lowest BCUT2D eigenvalue weighted by atomic mass is 10.1. The normalized spacial score (nSPS) is 13.1. The van der Waals surface area contributed by atoms with E-state index in [0.717, 1.165) is 6.54 Å². The van der Waals surface area contributed by atoms with Crippen LogP contribution < -0.4 is 11.1 Å². The van der Waals surface area contributed by atoms with Crippen molar-refractivity contribution in [1.82, 2.24) is 5.32 Å². The molecule has 1 atom stereocenters. The molecule has 0 amide bonds. The maximum absolute atomic E-state index is 5.60. The largest absolute Gasteiger partial charge is 0.329 e. The summed E-state index contributed by atoms with van der Waals surface area (Å²) in [7, 11) is 2.00. The molecule has 0 heterocycles. The Bertz CT molecular complexity index is 100. The Balaban J connectivity index is 3.04. The highest BCUT2D eigenvalue weighted by molar-refractivity contribution is 4.64. The van der Waals surface area contributed by atoms with Gasteiger partial charge in [0.2, 0.25) is 0 Å². The molecule has 0 rings (SSSR count). The van der Waals surface area contributed by atoms with Crippen molar-refractivity contribution in [3.63, 3.8) is 0 Å². The first-order valence-corrected chi connectivity index (χ1v) is 6.22. The number of hydrogen-bond acceptors (Lipinski definition) is 2. The van der Waals surface area contributed by atoms with Crippen molar-refractivity contribution < 1.29 is 0 Å². The van der Waals surface area contributed by atoms with Gasteiger partial charge in [-0.3, -0.25) is 0 Å². The van der Waals surface area contributed by atoms with Crippen molar-refractivity contribution in [3.8, 4) is 0 Å². The maximum Gasteiger partial charge on any atom is 0.0187 e. The molecule has 3 N–H and O–H groups in total. The van der Waals surface area contributed by atoms with E-state index < -0.39 is 0 Å². The number of hydrogen-bond donors (Lipinski definition) is 2. The summed E-state index contributed by atoms with van der Waals surface area (Å²) < 4.78 is 0. The van der Waals surface area contributed by atoms with Gasteiger partial charge in [-0.05, 0) is 13.5 Å². The molecule has 0 bridgehead atoms. The van der Waals surface area contributed by atoms with Gasteiger partial charge in [0.05, 0.1) is 0 Å². The predicted octanol–water partition coefficient (Wildman–Crippen LogP) is 2.67. The lowest BCUT2D eigenvalue weighted by Gasteiger charge is -2.12. The molecule has 0 aromatic rings. The van der Waals surface area contributed by atoms with E-state index in [1.54, 1.807) is 0 Å². The fraction of sp³-hybridized carbons (Fsp3) is 1.00. The Morgan fingerprint density at radius 2 is 1.57 bits per heavy atom. The average molecular weight is 200 g/mol. The molecule has 2 nitrogen and oxygen atoms in total. The molecule has 0 radical (unpaired) electrons. The molecule has 0 aliphatic rings. The fourth-order valence-electron chi connectivity index (χ4n) is 1.73. The van der Waals surface area contributed by atoms with E-state index in [-0.39, 0.29) is 0 Å². The smallest absolute Gasteiger partial charge is 0.0187 e. The first kappa shape index (κ1) is 13.9. The van der Waals surface area contributed by atoms with Crippen LogP contribution in [-0.2, 0) is 0 Å². The third-order valence-electron chi connectivity index (χ3n) is 2.85. The van der Waals surface area contributed by atoms with Crippen molar-refractivity contribution in [3.05, 3.63) is 0 Å². The Labute approximate surface area is 89.6 Å². The topological polar surface area (TPSA) is 38.0 Å². The lowest BCUT2D eigenvalue weighted by Crippen LogP contribution is -2.32. The van der Waals surface area contributed by atoms with Gasteiger partial charge in [-0.2, -0.15) is 0 Å². The first-order valence-electron chi connectivity index (χ1n) is 6.22. The van der Waals surface area contributed by atoms with Crippen LogP contribution in [0.15, 0.2) is 0 Å². The van der Waals surface area contributed by atoms with Gasteiger partial charge in [0.15, 0.2) is 0 Å². The summed E-state index contributed by atoms with van der Waals surface area (Å²) in [5, 5.41) is 3.24. The van der Waals surface area contributed by atoms with Crippen LogP contribution in [0.4, 0.5) is 0 Å². The minimum atomic E-state index is 0.533. The standard InChI is InChI=1S/C12H28N2/c1-3-4-5-6-7-8-9-10-12(11-13)14-2/h12,14H,3-11,13H2,1-2H3. The second kappa shape index (κ2) is 11.0. The zero-order chi connectivity index (χ0) is 10.6. The lowest BCUT2D eigenvalue weighted by molar-refractivity contribution is 0.487. The second-order valence-electron chi connectivity index (χ2n) is 4.13. The van der Waals surface area contributed by atoms with Gasteiger partial charge in [-0.25, -0.2) is 0 Å². The summed E-state index contributed by atoms with van der Waals surface area (Å²) in [6.45, 7) is 3.03. The number of nitrogens with one attached hydrogen (secondary N) is 1. The zero-order valence-corrected chi connectivity index (χ0v) is 10.0. The maximum atomic E-state index is 5.60. The highest BCUT2D eigenvalue weighted by Gasteiger charge is 2.01. The summed E-state index contributed by atoms with van der Waals surface area (Å²) >= 11 is 0. The van der Waals surface area contributed by atoms with Crippen molar-refractivity contribution in [2.75, 3.05) is 13.6 Å². The second-order valence-corrected chi connectivity index (χ2v) is 4.13. The van der Waals surface area contributed by atoms with Gasteiger partial charge in [0.25, 0.3) is 0 Å². The van der Waals surface area contributed by atoms with E-state index >= 15 is 0 Å². The van der Waals surface area contributed by atoms with Crippen LogP contribution in [0, 0.1) is 0 Å². The summed E-state index contributed by atoms with van der Waals surface area (Å²) in [4.78, 5) is 0. The summed E-state index contributed by atoms with van der Waals surface area (Å²) in [6, 6.07) is 0.533. The Kier molecular flexibility index (Phi) is 10.9. The molecule has 0 aliphatic carbocycles. The summed E-state index contributed by atoms with van der Waals surface area (Å²) in [5.41, 5.74) is 5.60. The molecule has 14 heavy (non-hydrogen) atoms. The van der Waals surface area contributed by atoms with E-state index in [4.69, 9.17) is 5.73 Å². The zero-order valence-electron chi connectivity index (χ0n) is 10.0.